The van der Waals surface area contributed by atoms with Crippen LogP contribution in [0.4, 0.5) is 4.39 Å². The summed E-state index contributed by atoms with van der Waals surface area (Å²) < 4.78 is 12.8. The third-order valence-electron chi connectivity index (χ3n) is 2.67. The van der Waals surface area contributed by atoms with Gasteiger partial charge in [0.1, 0.15) is 5.82 Å². The van der Waals surface area contributed by atoms with Crippen molar-refractivity contribution in [1.29, 1.82) is 0 Å². The molecule has 0 spiro atoms. The molecule has 0 saturated heterocycles. The van der Waals surface area contributed by atoms with Crippen molar-refractivity contribution in [2.24, 2.45) is 0 Å². The number of halogens is 2. The molecule has 2 aromatic carbocycles. The van der Waals surface area contributed by atoms with Gasteiger partial charge in [-0.25, -0.2) is 4.39 Å². The number of ketones is 1. The topological polar surface area (TPSA) is 17.1 Å². The Morgan fingerprint density at radius 1 is 1.06 bits per heavy atom. The Morgan fingerprint density at radius 2 is 1.67 bits per heavy atom. The largest absolute Gasteiger partial charge is 0.293 e. The van der Waals surface area contributed by atoms with Gasteiger partial charge < -0.3 is 0 Å². The summed E-state index contributed by atoms with van der Waals surface area (Å²) in [4.78, 5) is 11.8. The van der Waals surface area contributed by atoms with Crippen LogP contribution in [0.5, 0.6) is 0 Å². The minimum absolute atomic E-state index is 0.0416. The fourth-order valence-electron chi connectivity index (χ4n) is 1.70. The van der Waals surface area contributed by atoms with E-state index in [9.17, 15) is 9.18 Å². The molecule has 2 aromatic rings. The van der Waals surface area contributed by atoms with Gasteiger partial charge in [-0.3, -0.25) is 4.79 Å². The van der Waals surface area contributed by atoms with E-state index >= 15 is 0 Å². The molecule has 1 unspecified atom stereocenters. The van der Waals surface area contributed by atoms with E-state index in [1.807, 2.05) is 18.2 Å². The second kappa shape index (κ2) is 5.91. The average molecular weight is 307 g/mol. The summed E-state index contributed by atoms with van der Waals surface area (Å²) in [5.74, 6) is -0.223. The second-order valence-electron chi connectivity index (χ2n) is 4.03. The number of rotatable bonds is 4. The summed E-state index contributed by atoms with van der Waals surface area (Å²) in [5, 5.41) is 0. The number of hydrogen-bond acceptors (Lipinski definition) is 1. The molecule has 0 heterocycles. The molecule has 0 bridgehead atoms. The second-order valence-corrected chi connectivity index (χ2v) is 5.13. The molecule has 1 nitrogen and oxygen atoms in total. The SMILES string of the molecule is O=C(c1ccccc1)C(Br)Cc1ccc(F)cc1. The Balaban J connectivity index is 2.06. The van der Waals surface area contributed by atoms with Crippen LogP contribution >= 0.6 is 15.9 Å². The molecule has 0 radical (unpaired) electrons. The van der Waals surface area contributed by atoms with E-state index in [-0.39, 0.29) is 16.4 Å². The van der Waals surface area contributed by atoms with Crippen LogP contribution in [0.1, 0.15) is 15.9 Å². The van der Waals surface area contributed by atoms with Gasteiger partial charge in [-0.05, 0) is 24.1 Å². The van der Waals surface area contributed by atoms with Crippen LogP contribution in [-0.4, -0.2) is 10.6 Å². The predicted octanol–water partition coefficient (Wildman–Crippen LogP) is 4.01. The molecule has 0 aromatic heterocycles. The van der Waals surface area contributed by atoms with E-state index in [0.717, 1.165) is 5.56 Å². The molecule has 0 amide bonds. The van der Waals surface area contributed by atoms with Gasteiger partial charge in [0.25, 0.3) is 0 Å². The Hall–Kier alpha value is -1.48. The quantitative estimate of drug-likeness (QED) is 0.616. The van der Waals surface area contributed by atoms with E-state index < -0.39 is 0 Å². The fraction of sp³-hybridized carbons (Fsp3) is 0.133. The summed E-state index contributed by atoms with van der Waals surface area (Å²) in [6.45, 7) is 0. The highest BCUT2D eigenvalue weighted by atomic mass is 79.9. The van der Waals surface area contributed by atoms with Gasteiger partial charge in [0, 0.05) is 5.56 Å². The standard InChI is InChI=1S/C15H12BrFO/c16-14(10-11-6-8-13(17)9-7-11)15(18)12-4-2-1-3-5-12/h1-9,14H,10H2. The van der Waals surface area contributed by atoms with Crippen molar-refractivity contribution in [3.05, 3.63) is 71.5 Å². The van der Waals surface area contributed by atoms with Crippen LogP contribution in [0.15, 0.2) is 54.6 Å². The zero-order chi connectivity index (χ0) is 13.0. The average Bonchev–Trinajstić information content (AvgIpc) is 2.41. The zero-order valence-corrected chi connectivity index (χ0v) is 11.2. The van der Waals surface area contributed by atoms with E-state index in [4.69, 9.17) is 0 Å². The Labute approximate surface area is 114 Å². The molecule has 3 heteroatoms. The first-order chi connectivity index (χ1) is 8.66. The maximum Gasteiger partial charge on any atom is 0.176 e. The van der Waals surface area contributed by atoms with E-state index in [2.05, 4.69) is 15.9 Å². The van der Waals surface area contributed by atoms with Crippen molar-refractivity contribution in [2.75, 3.05) is 0 Å². The lowest BCUT2D eigenvalue weighted by Gasteiger charge is -2.09. The van der Waals surface area contributed by atoms with Crippen molar-refractivity contribution in [2.45, 2.75) is 11.2 Å². The molecule has 2 rings (SSSR count). The molecule has 92 valence electrons. The minimum Gasteiger partial charge on any atom is -0.293 e. The highest BCUT2D eigenvalue weighted by Crippen LogP contribution is 2.16. The van der Waals surface area contributed by atoms with Gasteiger partial charge in [0.15, 0.2) is 5.78 Å². The van der Waals surface area contributed by atoms with Crippen LogP contribution in [0.2, 0.25) is 0 Å². The fourth-order valence-corrected chi connectivity index (χ4v) is 2.34. The first kappa shape index (κ1) is 13.0. The number of hydrogen-bond donors (Lipinski definition) is 0. The van der Waals surface area contributed by atoms with Crippen molar-refractivity contribution >= 4 is 21.7 Å². The maximum atomic E-state index is 12.8. The molecule has 1 atom stereocenters. The molecule has 0 aliphatic rings. The predicted molar refractivity (Wildman–Crippen MR) is 73.6 cm³/mol. The Kier molecular flexibility index (Phi) is 4.26. The molecule has 0 aliphatic heterocycles. The molecule has 0 saturated carbocycles. The minimum atomic E-state index is -0.287. The van der Waals surface area contributed by atoms with Crippen molar-refractivity contribution in [3.63, 3.8) is 0 Å². The third-order valence-corrected chi connectivity index (χ3v) is 3.41. The monoisotopic (exact) mass is 306 g/mol. The first-order valence-corrected chi connectivity index (χ1v) is 6.56. The van der Waals surface area contributed by atoms with Crippen LogP contribution in [0.25, 0.3) is 0 Å². The van der Waals surface area contributed by atoms with Crippen molar-refractivity contribution < 1.29 is 9.18 Å². The zero-order valence-electron chi connectivity index (χ0n) is 9.64. The van der Waals surface area contributed by atoms with Gasteiger partial charge >= 0.3 is 0 Å². The maximum absolute atomic E-state index is 12.8. The van der Waals surface area contributed by atoms with Crippen LogP contribution in [-0.2, 0) is 6.42 Å². The molecule has 0 N–H and O–H groups in total. The smallest absolute Gasteiger partial charge is 0.176 e. The van der Waals surface area contributed by atoms with Crippen LogP contribution < -0.4 is 0 Å². The number of benzene rings is 2. The van der Waals surface area contributed by atoms with Crippen molar-refractivity contribution in [1.82, 2.24) is 0 Å². The van der Waals surface area contributed by atoms with Crippen LogP contribution in [0.3, 0.4) is 0 Å². The molecular formula is C15H12BrFO. The third kappa shape index (κ3) is 3.26. The lowest BCUT2D eigenvalue weighted by atomic mass is 10.0. The van der Waals surface area contributed by atoms with Gasteiger partial charge in [-0.15, -0.1) is 0 Å². The lowest BCUT2D eigenvalue weighted by Crippen LogP contribution is -2.16. The van der Waals surface area contributed by atoms with Gasteiger partial charge in [0.05, 0.1) is 4.83 Å². The summed E-state index contributed by atoms with van der Waals surface area (Å²) in [6.07, 6.45) is 0.550. The number of carbonyl (C=O) groups excluding carboxylic acids is 1. The van der Waals surface area contributed by atoms with E-state index in [1.54, 1.807) is 24.3 Å². The summed E-state index contributed by atoms with van der Waals surface area (Å²) in [6, 6.07) is 15.3. The van der Waals surface area contributed by atoms with Gasteiger partial charge in [-0.1, -0.05) is 58.4 Å². The van der Waals surface area contributed by atoms with Gasteiger partial charge in [0.2, 0.25) is 0 Å². The Bertz CT molecular complexity index is 522. The Morgan fingerprint density at radius 3 is 2.28 bits per heavy atom. The summed E-state index contributed by atoms with van der Waals surface area (Å²) in [7, 11) is 0. The normalized spacial score (nSPS) is 12.1. The molecule has 0 aliphatic carbocycles. The van der Waals surface area contributed by atoms with Gasteiger partial charge in [-0.2, -0.15) is 0 Å². The molecule has 0 fully saturated rings. The van der Waals surface area contributed by atoms with E-state index in [0.29, 0.717) is 12.0 Å². The highest BCUT2D eigenvalue weighted by molar-refractivity contribution is 9.10. The van der Waals surface area contributed by atoms with Crippen molar-refractivity contribution in [3.8, 4) is 0 Å². The van der Waals surface area contributed by atoms with E-state index in [1.165, 1.54) is 12.1 Å². The first-order valence-electron chi connectivity index (χ1n) is 5.64. The molecule has 18 heavy (non-hydrogen) atoms. The summed E-state index contributed by atoms with van der Waals surface area (Å²) >= 11 is 3.39. The number of Topliss-reactive ketones (excluding diaryl/α,β-unsaturated/α-hetero) is 1. The lowest BCUT2D eigenvalue weighted by molar-refractivity contribution is 0.0991. The number of alkyl halides is 1. The van der Waals surface area contributed by atoms with Crippen LogP contribution in [0, 0.1) is 5.82 Å². The summed E-state index contributed by atoms with van der Waals surface area (Å²) in [5.41, 5.74) is 1.61. The number of carbonyl (C=O) groups is 1. The molecular weight excluding hydrogens is 295 g/mol. The highest BCUT2D eigenvalue weighted by Gasteiger charge is 2.16.